The summed E-state index contributed by atoms with van der Waals surface area (Å²) in [5, 5.41) is 6.24. The molecule has 0 amide bonds. The highest BCUT2D eigenvalue weighted by Gasteiger charge is 2.09. The van der Waals surface area contributed by atoms with Gasteiger partial charge in [0.15, 0.2) is 5.78 Å². The van der Waals surface area contributed by atoms with Crippen LogP contribution in [0.4, 0.5) is 0 Å². The van der Waals surface area contributed by atoms with Crippen LogP contribution in [0.1, 0.15) is 17.3 Å². The minimum absolute atomic E-state index is 0.0998. The summed E-state index contributed by atoms with van der Waals surface area (Å²) in [7, 11) is 1.57. The monoisotopic (exact) mass is 244 g/mol. The molecule has 0 unspecified atom stereocenters. The van der Waals surface area contributed by atoms with Gasteiger partial charge in [0.05, 0.1) is 18.4 Å². The van der Waals surface area contributed by atoms with E-state index in [1.807, 2.05) is 12.1 Å². The molecule has 0 saturated carbocycles. The maximum Gasteiger partial charge on any atom is 0.275 e. The van der Waals surface area contributed by atoms with Crippen LogP contribution >= 0.6 is 0 Å². The molecule has 0 bridgehead atoms. The Kier molecular flexibility index (Phi) is 3.23. The number of benzene rings is 1. The van der Waals surface area contributed by atoms with Crippen molar-refractivity contribution < 1.29 is 9.53 Å². The number of carbonyl (C=O) groups excluding carboxylic acids is 1. The van der Waals surface area contributed by atoms with Crippen molar-refractivity contribution in [1.29, 1.82) is 0 Å². The molecule has 2 rings (SSSR count). The first kappa shape index (κ1) is 12.0. The van der Waals surface area contributed by atoms with E-state index in [0.717, 1.165) is 5.56 Å². The number of H-pyrrole nitrogens is 1. The number of nitrogens with zero attached hydrogens (tertiary/aromatic N) is 1. The number of hydrogen-bond donors (Lipinski definition) is 1. The van der Waals surface area contributed by atoms with Gasteiger partial charge in [-0.1, -0.05) is 12.1 Å². The fourth-order valence-corrected chi connectivity index (χ4v) is 1.60. The molecule has 5 nitrogen and oxygen atoms in total. The van der Waals surface area contributed by atoms with Crippen molar-refractivity contribution in [3.8, 4) is 17.0 Å². The summed E-state index contributed by atoms with van der Waals surface area (Å²) in [6.45, 7) is 1.35. The molecule has 1 N–H and O–H groups in total. The van der Waals surface area contributed by atoms with Gasteiger partial charge in [0.25, 0.3) is 5.56 Å². The van der Waals surface area contributed by atoms with Gasteiger partial charge in [0.1, 0.15) is 5.75 Å². The molecule has 0 saturated heterocycles. The number of carbonyl (C=O) groups is 1. The Bertz CT molecular complexity index is 647. The van der Waals surface area contributed by atoms with Crippen molar-refractivity contribution in [1.82, 2.24) is 10.2 Å². The van der Waals surface area contributed by atoms with E-state index in [9.17, 15) is 9.59 Å². The Morgan fingerprint density at radius 1 is 1.33 bits per heavy atom. The second kappa shape index (κ2) is 4.83. The third kappa shape index (κ3) is 2.29. The van der Waals surface area contributed by atoms with Gasteiger partial charge in [0, 0.05) is 5.56 Å². The van der Waals surface area contributed by atoms with E-state index < -0.39 is 5.56 Å². The van der Waals surface area contributed by atoms with E-state index in [1.165, 1.54) is 13.0 Å². The van der Waals surface area contributed by atoms with Crippen LogP contribution in [0.2, 0.25) is 0 Å². The quantitative estimate of drug-likeness (QED) is 0.833. The molecule has 0 spiro atoms. The Balaban J connectivity index is 2.54. The van der Waals surface area contributed by atoms with Crippen molar-refractivity contribution in [2.75, 3.05) is 7.11 Å². The lowest BCUT2D eigenvalue weighted by Crippen LogP contribution is -2.17. The van der Waals surface area contributed by atoms with Crippen LogP contribution in [0, 0.1) is 0 Å². The van der Waals surface area contributed by atoms with Crippen LogP contribution in [0.3, 0.4) is 0 Å². The minimum Gasteiger partial charge on any atom is -0.497 e. The maximum atomic E-state index is 11.4. The predicted octanol–water partition coefficient (Wildman–Crippen LogP) is 1.65. The van der Waals surface area contributed by atoms with Crippen LogP contribution in [0.5, 0.6) is 5.75 Å². The number of ketones is 1. The van der Waals surface area contributed by atoms with Crippen molar-refractivity contribution in [2.45, 2.75) is 6.92 Å². The molecule has 0 aliphatic rings. The highest BCUT2D eigenvalue weighted by Crippen LogP contribution is 2.21. The van der Waals surface area contributed by atoms with Crippen LogP contribution in [0.15, 0.2) is 35.1 Å². The van der Waals surface area contributed by atoms with Gasteiger partial charge in [-0.2, -0.15) is 5.10 Å². The number of rotatable bonds is 3. The molecular formula is C13H12N2O3. The summed E-state index contributed by atoms with van der Waals surface area (Å²) in [5.41, 5.74) is 0.920. The van der Waals surface area contributed by atoms with E-state index in [2.05, 4.69) is 10.2 Å². The molecule has 1 aromatic carbocycles. The minimum atomic E-state index is -0.478. The number of Topliss-reactive ketones (excluding diaryl/α,β-unsaturated/α-hetero) is 1. The summed E-state index contributed by atoms with van der Waals surface area (Å²) < 4.78 is 5.11. The normalized spacial score (nSPS) is 10.1. The molecule has 1 aromatic heterocycles. The lowest BCUT2D eigenvalue weighted by molar-refractivity contribution is 0.101. The number of aromatic amines is 1. The lowest BCUT2D eigenvalue weighted by atomic mass is 10.1. The molecule has 0 fully saturated rings. The molecule has 0 radical (unpaired) electrons. The molecule has 18 heavy (non-hydrogen) atoms. The van der Waals surface area contributed by atoms with E-state index in [0.29, 0.717) is 11.4 Å². The number of nitrogens with one attached hydrogen (secondary N) is 1. The zero-order valence-electron chi connectivity index (χ0n) is 10.1. The summed E-state index contributed by atoms with van der Waals surface area (Å²) in [4.78, 5) is 22.7. The van der Waals surface area contributed by atoms with E-state index in [-0.39, 0.29) is 11.3 Å². The molecular weight excluding hydrogens is 232 g/mol. The van der Waals surface area contributed by atoms with Crippen LogP contribution in [-0.4, -0.2) is 23.1 Å². The summed E-state index contributed by atoms with van der Waals surface area (Å²) >= 11 is 0. The second-order valence-corrected chi connectivity index (χ2v) is 3.78. The molecule has 1 heterocycles. The van der Waals surface area contributed by atoms with Gasteiger partial charge in [0.2, 0.25) is 0 Å². The van der Waals surface area contributed by atoms with Gasteiger partial charge in [-0.25, -0.2) is 5.10 Å². The summed E-state index contributed by atoms with van der Waals surface area (Å²) in [5.74, 6) is 0.396. The third-order valence-electron chi connectivity index (χ3n) is 2.55. The first-order valence-electron chi connectivity index (χ1n) is 5.37. The molecule has 0 aliphatic carbocycles. The van der Waals surface area contributed by atoms with E-state index in [4.69, 9.17) is 4.74 Å². The molecule has 92 valence electrons. The van der Waals surface area contributed by atoms with Gasteiger partial charge < -0.3 is 4.74 Å². The van der Waals surface area contributed by atoms with Crippen LogP contribution in [-0.2, 0) is 0 Å². The van der Waals surface area contributed by atoms with Crippen LogP contribution in [0.25, 0.3) is 11.3 Å². The lowest BCUT2D eigenvalue weighted by Gasteiger charge is -2.04. The molecule has 5 heteroatoms. The topological polar surface area (TPSA) is 72.1 Å². The largest absolute Gasteiger partial charge is 0.497 e. The number of hydrogen-bond acceptors (Lipinski definition) is 4. The number of methoxy groups -OCH3 is 1. The zero-order chi connectivity index (χ0) is 13.1. The Morgan fingerprint density at radius 3 is 2.78 bits per heavy atom. The van der Waals surface area contributed by atoms with Crippen LogP contribution < -0.4 is 10.3 Å². The Morgan fingerprint density at radius 2 is 2.11 bits per heavy atom. The smallest absolute Gasteiger partial charge is 0.275 e. The first-order chi connectivity index (χ1) is 8.61. The van der Waals surface area contributed by atoms with Crippen molar-refractivity contribution >= 4 is 5.78 Å². The third-order valence-corrected chi connectivity index (χ3v) is 2.55. The summed E-state index contributed by atoms with van der Waals surface area (Å²) in [6, 6.07) is 8.71. The highest BCUT2D eigenvalue weighted by molar-refractivity contribution is 5.94. The van der Waals surface area contributed by atoms with E-state index in [1.54, 1.807) is 19.2 Å². The first-order valence-corrected chi connectivity index (χ1v) is 5.37. The van der Waals surface area contributed by atoms with E-state index >= 15 is 0 Å². The molecule has 0 aliphatic heterocycles. The Hall–Kier alpha value is -2.43. The average Bonchev–Trinajstić information content (AvgIpc) is 2.39. The van der Waals surface area contributed by atoms with Crippen molar-refractivity contribution in [2.24, 2.45) is 0 Å². The van der Waals surface area contributed by atoms with Crippen molar-refractivity contribution in [3.05, 3.63) is 46.2 Å². The summed E-state index contributed by atoms with van der Waals surface area (Å²) in [6.07, 6.45) is 0. The fraction of sp³-hybridized carbons (Fsp3) is 0.154. The number of aromatic nitrogens is 2. The number of ether oxygens (including phenoxy) is 1. The zero-order valence-corrected chi connectivity index (χ0v) is 10.1. The van der Waals surface area contributed by atoms with Crippen molar-refractivity contribution in [3.63, 3.8) is 0 Å². The van der Waals surface area contributed by atoms with Gasteiger partial charge >= 0.3 is 0 Å². The SMILES string of the molecule is COc1cccc(-c2cc(C(C)=O)c(=O)[nH]n2)c1. The standard InChI is InChI=1S/C13H12N2O3/c1-8(16)11-7-12(14-15-13(11)17)9-4-3-5-10(6-9)18-2/h3-7H,1-2H3,(H,15,17). The average molecular weight is 244 g/mol. The predicted molar refractivity (Wildman–Crippen MR) is 66.9 cm³/mol. The second-order valence-electron chi connectivity index (χ2n) is 3.78. The highest BCUT2D eigenvalue weighted by atomic mass is 16.5. The van der Waals surface area contributed by atoms with Gasteiger partial charge in [-0.15, -0.1) is 0 Å². The Labute approximate surface area is 103 Å². The fourth-order valence-electron chi connectivity index (χ4n) is 1.60. The molecule has 2 aromatic rings. The van der Waals surface area contributed by atoms with Gasteiger partial charge in [-0.05, 0) is 25.1 Å². The maximum absolute atomic E-state index is 11.4. The van der Waals surface area contributed by atoms with Gasteiger partial charge in [-0.3, -0.25) is 9.59 Å². The molecule has 0 atom stereocenters.